The van der Waals surface area contributed by atoms with Gasteiger partial charge in [0.2, 0.25) is 10.7 Å². The van der Waals surface area contributed by atoms with Gasteiger partial charge in [-0.15, -0.1) is 0 Å². The third-order valence-corrected chi connectivity index (χ3v) is 14.3. The second-order valence-electron chi connectivity index (χ2n) is 10.8. The molecule has 6 unspecified atom stereocenters. The molecule has 4 aliphatic heterocycles. The maximum absolute atomic E-state index is 12.7. The maximum Gasteiger partial charge on any atom is 0.326 e. The van der Waals surface area contributed by atoms with Crippen molar-refractivity contribution in [2.24, 2.45) is 0 Å². The summed E-state index contributed by atoms with van der Waals surface area (Å²) < 4.78 is 70.6. The first-order chi connectivity index (χ1) is 19.1. The van der Waals surface area contributed by atoms with E-state index in [1.165, 1.54) is 23.5 Å². The second-order valence-corrected chi connectivity index (χ2v) is 16.6. The highest BCUT2D eigenvalue weighted by Gasteiger charge is 2.66. The van der Waals surface area contributed by atoms with Crippen LogP contribution in [0, 0.1) is 0 Å². The number of benzene rings is 2. The van der Waals surface area contributed by atoms with E-state index in [2.05, 4.69) is 0 Å². The lowest BCUT2D eigenvalue weighted by atomic mass is 10.0. The molecule has 0 saturated carbocycles. The Balaban J connectivity index is 1.50. The van der Waals surface area contributed by atoms with E-state index in [-0.39, 0.29) is 21.8 Å². The summed E-state index contributed by atoms with van der Waals surface area (Å²) >= 11 is 9.09. The molecule has 2 aromatic rings. The van der Waals surface area contributed by atoms with Gasteiger partial charge in [-0.3, -0.25) is 13.6 Å². The number of hydrogen-bond acceptors (Lipinski definition) is 8. The molecule has 2 fully saturated rings. The molecular formula is C25H28ClN3O8S4+2. The van der Waals surface area contributed by atoms with Gasteiger partial charge in [-0.2, -0.15) is 16.8 Å². The number of likely N-dealkylation sites (N-methyl/N-ethyl adjacent to an activating group) is 1. The lowest BCUT2D eigenvalue weighted by molar-refractivity contribution is -0.138. The number of fused-ring (bicyclic) bond motifs is 4. The Labute approximate surface area is 251 Å². The molecule has 0 radical (unpaired) electrons. The Morgan fingerprint density at radius 2 is 1.68 bits per heavy atom. The van der Waals surface area contributed by atoms with Crippen molar-refractivity contribution >= 4 is 78.4 Å². The van der Waals surface area contributed by atoms with E-state index in [1.54, 1.807) is 43.1 Å². The lowest BCUT2D eigenvalue weighted by Crippen LogP contribution is -2.71. The normalized spacial score (nSPS) is 31.9. The highest BCUT2D eigenvalue weighted by molar-refractivity contribution is 8.04. The Morgan fingerprint density at radius 1 is 1.02 bits per heavy atom. The molecule has 11 nitrogen and oxygen atoms in total. The number of aliphatic carboxylic acids is 1. The standard InChI is InChI=1S/C25H26ClN3O8S4/c1-14(25(30)31)27(2)16-4-6-20-18(12-16)29(10-8-24(29)41(35,36)37)22(39-20)13-21-28(9-7-23(28)40(32,33)34)17-11-15(26)3-5-19(17)38-21/h3-6,11-14,21,23-24H,7-10H2,1-2H3,(H-2,30,31,32,33,34,35,36,37)/p+2/b22-13-. The third-order valence-electron chi connectivity index (χ3n) is 8.85. The van der Waals surface area contributed by atoms with E-state index in [1.807, 2.05) is 18.2 Å². The largest absolute Gasteiger partial charge is 0.480 e. The summed E-state index contributed by atoms with van der Waals surface area (Å²) in [5, 5.41) is 7.77. The van der Waals surface area contributed by atoms with E-state index >= 15 is 0 Å². The van der Waals surface area contributed by atoms with Crippen molar-refractivity contribution in [3.05, 3.63) is 52.5 Å². The minimum Gasteiger partial charge on any atom is -0.480 e. The molecule has 2 aromatic carbocycles. The molecule has 0 bridgehead atoms. The Morgan fingerprint density at radius 3 is 2.24 bits per heavy atom. The van der Waals surface area contributed by atoms with Crippen molar-refractivity contribution in [3.8, 4) is 0 Å². The average molecular weight is 662 g/mol. The minimum atomic E-state index is -4.50. The zero-order valence-corrected chi connectivity index (χ0v) is 25.9. The van der Waals surface area contributed by atoms with Crippen LogP contribution in [0.4, 0.5) is 17.1 Å². The molecule has 6 rings (SSSR count). The zero-order valence-electron chi connectivity index (χ0n) is 21.9. The quantitative estimate of drug-likeness (QED) is 0.302. The topological polar surface area (TPSA) is 149 Å². The molecule has 2 spiro atoms. The van der Waals surface area contributed by atoms with Crippen LogP contribution in [0.5, 0.6) is 0 Å². The first kappa shape index (κ1) is 29.3. The highest BCUT2D eigenvalue weighted by atomic mass is 35.5. The van der Waals surface area contributed by atoms with E-state index < -0.39 is 48.4 Å². The predicted molar refractivity (Wildman–Crippen MR) is 160 cm³/mol. The van der Waals surface area contributed by atoms with Crippen LogP contribution >= 0.6 is 35.1 Å². The van der Waals surface area contributed by atoms with Crippen LogP contribution in [0.15, 0.2) is 57.3 Å². The lowest BCUT2D eigenvalue weighted by Gasteiger charge is -2.51. The van der Waals surface area contributed by atoms with Gasteiger partial charge in [-0.05, 0) is 43.0 Å². The number of carboxylic acid groups (broad SMARTS) is 1. The van der Waals surface area contributed by atoms with Crippen LogP contribution in [0.1, 0.15) is 19.8 Å². The highest BCUT2D eigenvalue weighted by Crippen LogP contribution is 2.61. The molecule has 220 valence electrons. The number of anilines is 1. The number of halogens is 1. The fraction of sp³-hybridized carbons (Fsp3) is 0.400. The molecule has 2 saturated heterocycles. The molecule has 41 heavy (non-hydrogen) atoms. The molecule has 4 heterocycles. The van der Waals surface area contributed by atoms with Gasteiger partial charge in [-0.25, -0.2) is 9.28 Å². The van der Waals surface area contributed by atoms with Crippen molar-refractivity contribution in [2.45, 2.75) is 51.7 Å². The SMILES string of the molecule is CC(C(=O)O)N(C)c1ccc2c(c1)[N+]1(CCC1S(=O)(=O)O)/C(=C/C1Sc3ccc(Cl)cc3[N+]13CCC3S(=O)(=O)O)S2. The van der Waals surface area contributed by atoms with Crippen molar-refractivity contribution in [1.29, 1.82) is 0 Å². The van der Waals surface area contributed by atoms with Crippen molar-refractivity contribution in [3.63, 3.8) is 0 Å². The summed E-state index contributed by atoms with van der Waals surface area (Å²) in [4.78, 5) is 14.8. The molecule has 4 aliphatic rings. The van der Waals surface area contributed by atoms with E-state index in [0.717, 1.165) is 9.79 Å². The molecule has 0 aliphatic carbocycles. The van der Waals surface area contributed by atoms with Gasteiger partial charge in [0.25, 0.3) is 0 Å². The fourth-order valence-electron chi connectivity index (χ4n) is 6.42. The van der Waals surface area contributed by atoms with Gasteiger partial charge in [0.15, 0.2) is 21.8 Å². The first-order valence-corrected chi connectivity index (χ1v) is 17.8. The fourth-order valence-corrected chi connectivity index (χ4v) is 12.1. The van der Waals surface area contributed by atoms with Crippen LogP contribution < -0.4 is 13.9 Å². The number of thioether (sulfide) groups is 2. The summed E-state index contributed by atoms with van der Waals surface area (Å²) in [6.07, 6.45) is 2.34. The molecule has 0 amide bonds. The Hall–Kier alpha value is -1.82. The number of hydrogen-bond donors (Lipinski definition) is 3. The van der Waals surface area contributed by atoms with Gasteiger partial charge < -0.3 is 10.0 Å². The molecule has 16 heteroatoms. The van der Waals surface area contributed by atoms with Gasteiger partial charge in [0, 0.05) is 29.9 Å². The van der Waals surface area contributed by atoms with E-state index in [9.17, 15) is 35.8 Å². The predicted octanol–water partition coefficient (Wildman–Crippen LogP) is 4.18. The van der Waals surface area contributed by atoms with Crippen LogP contribution in [0.3, 0.4) is 0 Å². The summed E-state index contributed by atoms with van der Waals surface area (Å²) in [6, 6.07) is 9.77. The van der Waals surface area contributed by atoms with Crippen LogP contribution in [-0.4, -0.2) is 79.3 Å². The van der Waals surface area contributed by atoms with Gasteiger partial charge in [-0.1, -0.05) is 23.4 Å². The summed E-state index contributed by atoms with van der Waals surface area (Å²) in [6.45, 7) is 2.35. The van der Waals surface area contributed by atoms with Gasteiger partial charge in [0.05, 0.1) is 41.8 Å². The number of carbonyl (C=O) groups is 1. The van der Waals surface area contributed by atoms with Crippen LogP contribution in [0.25, 0.3) is 0 Å². The molecule has 6 atom stereocenters. The molecule has 3 N–H and O–H groups in total. The Kier molecular flexibility index (Phi) is 6.85. The number of carboxylic acids is 1. The summed E-state index contributed by atoms with van der Waals surface area (Å²) in [5.74, 6) is -1.01. The van der Waals surface area contributed by atoms with E-state index in [4.69, 9.17) is 11.6 Å². The van der Waals surface area contributed by atoms with Crippen LogP contribution in [-0.2, 0) is 25.0 Å². The van der Waals surface area contributed by atoms with Crippen LogP contribution in [0.2, 0.25) is 5.02 Å². The smallest absolute Gasteiger partial charge is 0.326 e. The number of nitrogens with zero attached hydrogens (tertiary/aromatic N) is 3. The number of rotatable bonds is 6. The molecular weight excluding hydrogens is 634 g/mol. The summed E-state index contributed by atoms with van der Waals surface area (Å²) in [5.41, 5.74) is 1.89. The Bertz CT molecular complexity index is 1740. The monoisotopic (exact) mass is 661 g/mol. The molecule has 0 aromatic heterocycles. The second kappa shape index (κ2) is 9.59. The maximum atomic E-state index is 12.7. The van der Waals surface area contributed by atoms with E-state index in [0.29, 0.717) is 40.2 Å². The average Bonchev–Trinajstić information content (AvgIpc) is 3.33. The third kappa shape index (κ3) is 4.27. The zero-order chi connectivity index (χ0) is 29.7. The number of quaternary nitrogens is 2. The first-order valence-electron chi connectivity index (χ1n) is 12.8. The van der Waals surface area contributed by atoms with Crippen molar-refractivity contribution in [2.75, 3.05) is 25.0 Å². The van der Waals surface area contributed by atoms with Gasteiger partial charge >= 0.3 is 26.2 Å². The van der Waals surface area contributed by atoms with Gasteiger partial charge in [0.1, 0.15) is 6.04 Å². The van der Waals surface area contributed by atoms with Crippen molar-refractivity contribution < 1.29 is 35.8 Å². The summed E-state index contributed by atoms with van der Waals surface area (Å²) in [7, 11) is -7.29. The van der Waals surface area contributed by atoms with Crippen molar-refractivity contribution in [1.82, 2.24) is 8.97 Å². The minimum absolute atomic E-state index is 0.0690.